The molecule has 1 saturated heterocycles. The predicted molar refractivity (Wildman–Crippen MR) is 109 cm³/mol. The Morgan fingerprint density at radius 2 is 1.92 bits per heavy atom. The molecule has 0 bridgehead atoms. The molecule has 132 valence electrons. The number of benzene rings is 1. The summed E-state index contributed by atoms with van der Waals surface area (Å²) >= 11 is 5.74. The van der Waals surface area contributed by atoms with Crippen molar-refractivity contribution in [2.24, 2.45) is 7.05 Å². The molecule has 2 aromatic heterocycles. The highest BCUT2D eigenvalue weighted by molar-refractivity contribution is 7.80. The lowest BCUT2D eigenvalue weighted by Gasteiger charge is -2.27. The van der Waals surface area contributed by atoms with Gasteiger partial charge in [-0.3, -0.25) is 4.98 Å². The van der Waals surface area contributed by atoms with Gasteiger partial charge in [0.05, 0.1) is 17.8 Å². The third kappa shape index (κ3) is 2.88. The van der Waals surface area contributed by atoms with E-state index in [1.165, 1.54) is 16.7 Å². The van der Waals surface area contributed by atoms with Gasteiger partial charge in [0.25, 0.3) is 0 Å². The van der Waals surface area contributed by atoms with Crippen molar-refractivity contribution >= 4 is 23.0 Å². The van der Waals surface area contributed by atoms with Gasteiger partial charge in [0.1, 0.15) is 0 Å². The Balaban J connectivity index is 1.83. The molecule has 4 nitrogen and oxygen atoms in total. The number of nitrogens with one attached hydrogen (secondary N) is 1. The standard InChI is InChI=1S/C21H22N4S/c1-14-7-8-17(12-15(14)2)25-20(16-9-11-24(3)13-16)19(23-21(25)26)18-6-4-5-10-22-18/h4-13,19-20H,1-3H3,(H,23,26)/t19-,20-/m1/s1. The van der Waals surface area contributed by atoms with Gasteiger partial charge < -0.3 is 14.8 Å². The third-order valence-electron chi connectivity index (χ3n) is 5.06. The molecule has 0 amide bonds. The van der Waals surface area contributed by atoms with Crippen molar-refractivity contribution in [3.63, 3.8) is 0 Å². The summed E-state index contributed by atoms with van der Waals surface area (Å²) in [4.78, 5) is 6.80. The molecule has 0 saturated carbocycles. The van der Waals surface area contributed by atoms with E-state index in [1.807, 2.05) is 25.4 Å². The predicted octanol–water partition coefficient (Wildman–Crippen LogP) is 4.21. The number of nitrogens with zero attached hydrogens (tertiary/aromatic N) is 3. The molecule has 1 aromatic carbocycles. The van der Waals surface area contributed by atoms with E-state index in [0.29, 0.717) is 0 Å². The van der Waals surface area contributed by atoms with Crippen molar-refractivity contribution in [3.8, 4) is 0 Å². The summed E-state index contributed by atoms with van der Waals surface area (Å²) < 4.78 is 2.07. The van der Waals surface area contributed by atoms with Crippen LogP contribution in [0, 0.1) is 13.8 Å². The number of aromatic nitrogens is 2. The zero-order valence-electron chi connectivity index (χ0n) is 15.2. The Hall–Kier alpha value is -2.66. The van der Waals surface area contributed by atoms with E-state index in [4.69, 9.17) is 12.2 Å². The molecule has 5 heteroatoms. The molecule has 4 rings (SSSR count). The first-order chi connectivity index (χ1) is 12.5. The molecule has 0 unspecified atom stereocenters. The van der Waals surface area contributed by atoms with Crippen LogP contribution in [0.1, 0.15) is 34.5 Å². The second-order valence-corrected chi connectivity index (χ2v) is 7.26. The summed E-state index contributed by atoms with van der Waals surface area (Å²) in [5.41, 5.74) is 5.87. The van der Waals surface area contributed by atoms with Crippen LogP contribution in [0.5, 0.6) is 0 Å². The molecular weight excluding hydrogens is 340 g/mol. The van der Waals surface area contributed by atoms with Crippen molar-refractivity contribution in [2.45, 2.75) is 25.9 Å². The van der Waals surface area contributed by atoms with E-state index < -0.39 is 0 Å². The average molecular weight is 363 g/mol. The SMILES string of the molecule is Cc1ccc(N2C(=S)N[C@H](c3ccccn3)[C@H]2c2ccn(C)c2)cc1C. The average Bonchev–Trinajstić information content (AvgIpc) is 3.21. The highest BCUT2D eigenvalue weighted by Crippen LogP contribution is 2.41. The minimum Gasteiger partial charge on any atom is -0.357 e. The number of thiocarbonyl (C=S) groups is 1. The van der Waals surface area contributed by atoms with E-state index in [9.17, 15) is 0 Å². The van der Waals surface area contributed by atoms with Crippen molar-refractivity contribution in [1.29, 1.82) is 0 Å². The normalized spacial score (nSPS) is 19.7. The lowest BCUT2D eigenvalue weighted by molar-refractivity contribution is 0.567. The van der Waals surface area contributed by atoms with Gasteiger partial charge in [-0.15, -0.1) is 0 Å². The van der Waals surface area contributed by atoms with E-state index in [-0.39, 0.29) is 12.1 Å². The van der Waals surface area contributed by atoms with Crippen molar-refractivity contribution in [2.75, 3.05) is 4.90 Å². The molecule has 0 aliphatic carbocycles. The molecule has 1 aliphatic heterocycles. The number of hydrogen-bond donors (Lipinski definition) is 1. The molecule has 26 heavy (non-hydrogen) atoms. The van der Waals surface area contributed by atoms with Crippen LogP contribution in [-0.4, -0.2) is 14.7 Å². The Bertz CT molecular complexity index is 948. The topological polar surface area (TPSA) is 33.1 Å². The maximum atomic E-state index is 5.74. The fraction of sp³-hybridized carbons (Fsp3) is 0.238. The van der Waals surface area contributed by atoms with E-state index in [2.05, 4.69) is 76.3 Å². The molecular formula is C21H22N4S. The smallest absolute Gasteiger partial charge is 0.174 e. The quantitative estimate of drug-likeness (QED) is 0.708. The molecule has 0 radical (unpaired) electrons. The van der Waals surface area contributed by atoms with E-state index in [1.54, 1.807) is 0 Å². The van der Waals surface area contributed by atoms with Crippen LogP contribution < -0.4 is 10.2 Å². The summed E-state index contributed by atoms with van der Waals surface area (Å²) in [6.45, 7) is 4.27. The molecule has 3 heterocycles. The first-order valence-corrected chi connectivity index (χ1v) is 9.15. The first-order valence-electron chi connectivity index (χ1n) is 8.74. The van der Waals surface area contributed by atoms with Crippen LogP contribution in [0.15, 0.2) is 61.1 Å². The number of rotatable bonds is 3. The van der Waals surface area contributed by atoms with Crippen LogP contribution >= 0.6 is 12.2 Å². The molecule has 1 N–H and O–H groups in total. The fourth-order valence-corrected chi connectivity index (χ4v) is 3.89. The third-order valence-corrected chi connectivity index (χ3v) is 5.38. The molecule has 2 atom stereocenters. The van der Waals surface area contributed by atoms with E-state index in [0.717, 1.165) is 16.5 Å². The van der Waals surface area contributed by atoms with E-state index >= 15 is 0 Å². The maximum absolute atomic E-state index is 5.74. The molecule has 1 aliphatic rings. The highest BCUT2D eigenvalue weighted by atomic mass is 32.1. The first kappa shape index (κ1) is 16.8. The van der Waals surface area contributed by atoms with Gasteiger partial charge in [-0.05, 0) is 73.1 Å². The summed E-state index contributed by atoms with van der Waals surface area (Å²) in [5.74, 6) is 0. The van der Waals surface area contributed by atoms with Crippen molar-refractivity contribution in [3.05, 3.63) is 83.4 Å². The summed E-state index contributed by atoms with van der Waals surface area (Å²) in [6.07, 6.45) is 6.07. The van der Waals surface area contributed by atoms with Crippen LogP contribution in [0.2, 0.25) is 0 Å². The Morgan fingerprint density at radius 1 is 1.08 bits per heavy atom. The highest BCUT2D eigenvalue weighted by Gasteiger charge is 2.40. The van der Waals surface area contributed by atoms with Crippen molar-refractivity contribution in [1.82, 2.24) is 14.9 Å². The van der Waals surface area contributed by atoms with Gasteiger partial charge in [0.15, 0.2) is 5.11 Å². The molecule has 1 fully saturated rings. The van der Waals surface area contributed by atoms with Crippen LogP contribution in [0.25, 0.3) is 0 Å². The van der Waals surface area contributed by atoms with Gasteiger partial charge >= 0.3 is 0 Å². The van der Waals surface area contributed by atoms with Gasteiger partial charge in [-0.1, -0.05) is 12.1 Å². The molecule has 0 spiro atoms. The summed E-state index contributed by atoms with van der Waals surface area (Å²) in [5, 5.41) is 4.23. The summed E-state index contributed by atoms with van der Waals surface area (Å²) in [7, 11) is 2.04. The fourth-order valence-electron chi connectivity index (χ4n) is 3.55. The van der Waals surface area contributed by atoms with Crippen LogP contribution in [-0.2, 0) is 7.05 Å². The Morgan fingerprint density at radius 3 is 2.58 bits per heavy atom. The molecule has 3 aromatic rings. The number of aryl methyl sites for hydroxylation is 3. The van der Waals surface area contributed by atoms with Crippen molar-refractivity contribution < 1.29 is 0 Å². The number of pyridine rings is 1. The van der Waals surface area contributed by atoms with Crippen LogP contribution in [0.4, 0.5) is 5.69 Å². The lowest BCUT2D eigenvalue weighted by Crippen LogP contribution is -2.29. The largest absolute Gasteiger partial charge is 0.357 e. The Labute approximate surface area is 159 Å². The van der Waals surface area contributed by atoms with Gasteiger partial charge in [-0.25, -0.2) is 0 Å². The second kappa shape index (κ2) is 6.57. The van der Waals surface area contributed by atoms with Gasteiger partial charge in [-0.2, -0.15) is 0 Å². The minimum absolute atomic E-state index is 0.00714. The maximum Gasteiger partial charge on any atom is 0.174 e. The Kier molecular flexibility index (Phi) is 4.24. The zero-order valence-corrected chi connectivity index (χ0v) is 16.0. The second-order valence-electron chi connectivity index (χ2n) is 6.88. The van der Waals surface area contributed by atoms with Crippen LogP contribution in [0.3, 0.4) is 0 Å². The van der Waals surface area contributed by atoms with Gasteiger partial charge in [0, 0.05) is 31.3 Å². The zero-order chi connectivity index (χ0) is 18.3. The number of anilines is 1. The monoisotopic (exact) mass is 362 g/mol. The summed E-state index contributed by atoms with van der Waals surface area (Å²) in [6, 6.07) is 14.7. The minimum atomic E-state index is 0.00714. The lowest BCUT2D eigenvalue weighted by atomic mass is 9.98. The number of hydrogen-bond acceptors (Lipinski definition) is 2. The van der Waals surface area contributed by atoms with Gasteiger partial charge in [0.2, 0.25) is 0 Å².